The summed E-state index contributed by atoms with van der Waals surface area (Å²) in [6.07, 6.45) is 1.74. The molecule has 0 unspecified atom stereocenters. The molecule has 2 aromatic rings. The Kier molecular flexibility index (Phi) is 8.07. The third-order valence-corrected chi connectivity index (χ3v) is 2.97. The number of para-hydroxylation sites is 1. The van der Waals surface area contributed by atoms with Gasteiger partial charge in [-0.2, -0.15) is 4.98 Å². The summed E-state index contributed by atoms with van der Waals surface area (Å²) in [6, 6.07) is 7.05. The maximum atomic E-state index is 12.2. The van der Waals surface area contributed by atoms with E-state index >= 15 is 0 Å². The zero-order chi connectivity index (χ0) is 15.8. The van der Waals surface area contributed by atoms with Crippen LogP contribution in [0.5, 0.6) is 5.75 Å². The number of hydrogen-bond donors (Lipinski definition) is 2. The Morgan fingerprint density at radius 2 is 2.13 bits per heavy atom. The van der Waals surface area contributed by atoms with Crippen molar-refractivity contribution in [2.75, 3.05) is 13.1 Å². The van der Waals surface area contributed by atoms with Gasteiger partial charge in [-0.3, -0.25) is 4.79 Å². The zero-order valence-electron chi connectivity index (χ0n) is 12.9. The van der Waals surface area contributed by atoms with E-state index in [0.29, 0.717) is 36.1 Å². The molecular formula is C15H21ClN4O3. The second kappa shape index (κ2) is 9.81. The van der Waals surface area contributed by atoms with E-state index in [9.17, 15) is 4.79 Å². The Bertz CT molecular complexity index is 618. The molecule has 0 atom stereocenters. The number of aromatic nitrogens is 2. The van der Waals surface area contributed by atoms with E-state index in [1.54, 1.807) is 25.1 Å². The number of amides is 1. The summed E-state index contributed by atoms with van der Waals surface area (Å²) in [7, 11) is 0. The van der Waals surface area contributed by atoms with Crippen molar-refractivity contribution in [2.45, 2.75) is 26.4 Å². The van der Waals surface area contributed by atoms with Gasteiger partial charge in [0.05, 0.1) is 5.56 Å². The Hall–Kier alpha value is -2.12. The van der Waals surface area contributed by atoms with Crippen LogP contribution in [0.3, 0.4) is 0 Å². The number of unbranched alkanes of at least 4 members (excludes halogenated alkanes) is 1. The minimum atomic E-state index is -0.170. The molecule has 126 valence electrons. The first-order chi connectivity index (χ1) is 10.7. The van der Waals surface area contributed by atoms with E-state index in [1.165, 1.54) is 0 Å². The van der Waals surface area contributed by atoms with Crippen molar-refractivity contribution in [1.82, 2.24) is 15.5 Å². The Morgan fingerprint density at radius 1 is 1.35 bits per heavy atom. The number of rotatable bonds is 8. The van der Waals surface area contributed by atoms with Gasteiger partial charge in [-0.1, -0.05) is 17.3 Å². The standard InChI is InChI=1S/C15H20N4O3.ClH/c1-11-18-14(19-22-11)10-21-13-7-3-2-6-12(13)15(20)17-9-5-4-8-16;/h2-3,6-7H,4-5,8-10,16H2,1H3,(H,17,20);1H. The summed E-state index contributed by atoms with van der Waals surface area (Å²) in [5.74, 6) is 1.23. The van der Waals surface area contributed by atoms with E-state index in [-0.39, 0.29) is 24.9 Å². The fourth-order valence-electron chi connectivity index (χ4n) is 1.89. The average molecular weight is 341 g/mol. The molecular weight excluding hydrogens is 320 g/mol. The lowest BCUT2D eigenvalue weighted by molar-refractivity contribution is 0.0948. The average Bonchev–Trinajstić information content (AvgIpc) is 2.95. The minimum absolute atomic E-state index is 0. The Labute approximate surface area is 141 Å². The molecule has 0 radical (unpaired) electrons. The fourth-order valence-corrected chi connectivity index (χ4v) is 1.89. The first kappa shape index (κ1) is 18.9. The molecule has 0 fully saturated rings. The highest BCUT2D eigenvalue weighted by Gasteiger charge is 2.12. The van der Waals surface area contributed by atoms with Gasteiger partial charge < -0.3 is 20.3 Å². The van der Waals surface area contributed by atoms with Crippen molar-refractivity contribution in [3.63, 3.8) is 0 Å². The maximum Gasteiger partial charge on any atom is 0.255 e. The van der Waals surface area contributed by atoms with Crippen LogP contribution < -0.4 is 15.8 Å². The molecule has 0 aliphatic heterocycles. The second-order valence-electron chi connectivity index (χ2n) is 4.77. The molecule has 0 spiro atoms. The highest BCUT2D eigenvalue weighted by atomic mass is 35.5. The third kappa shape index (κ3) is 5.88. The van der Waals surface area contributed by atoms with Crippen LogP contribution in [0.25, 0.3) is 0 Å². The van der Waals surface area contributed by atoms with Gasteiger partial charge in [-0.15, -0.1) is 12.4 Å². The summed E-state index contributed by atoms with van der Waals surface area (Å²) in [4.78, 5) is 16.2. The molecule has 3 N–H and O–H groups in total. The van der Waals surface area contributed by atoms with E-state index < -0.39 is 0 Å². The number of nitrogens with zero attached hydrogens (tertiary/aromatic N) is 2. The molecule has 0 saturated carbocycles. The van der Waals surface area contributed by atoms with Crippen molar-refractivity contribution < 1.29 is 14.1 Å². The van der Waals surface area contributed by atoms with Crippen LogP contribution in [0.15, 0.2) is 28.8 Å². The van der Waals surface area contributed by atoms with Crippen LogP contribution >= 0.6 is 12.4 Å². The van der Waals surface area contributed by atoms with Gasteiger partial charge >= 0.3 is 0 Å². The second-order valence-corrected chi connectivity index (χ2v) is 4.77. The van der Waals surface area contributed by atoms with Gasteiger partial charge in [0.2, 0.25) is 11.7 Å². The van der Waals surface area contributed by atoms with Gasteiger partial charge in [0.15, 0.2) is 6.61 Å². The lowest BCUT2D eigenvalue weighted by Gasteiger charge is -2.10. The zero-order valence-corrected chi connectivity index (χ0v) is 13.8. The van der Waals surface area contributed by atoms with E-state index in [2.05, 4.69) is 15.5 Å². The van der Waals surface area contributed by atoms with Crippen molar-refractivity contribution in [3.05, 3.63) is 41.5 Å². The number of aryl methyl sites for hydroxylation is 1. The van der Waals surface area contributed by atoms with Crippen LogP contribution in [-0.4, -0.2) is 29.1 Å². The molecule has 7 nitrogen and oxygen atoms in total. The maximum absolute atomic E-state index is 12.2. The van der Waals surface area contributed by atoms with Crippen LogP contribution in [0.1, 0.15) is 34.9 Å². The molecule has 2 rings (SSSR count). The molecule has 1 aromatic heterocycles. The predicted octanol–water partition coefficient (Wildman–Crippen LogP) is 1.85. The summed E-state index contributed by atoms with van der Waals surface area (Å²) in [5.41, 5.74) is 5.91. The largest absolute Gasteiger partial charge is 0.485 e. The lowest BCUT2D eigenvalue weighted by atomic mass is 10.2. The van der Waals surface area contributed by atoms with E-state index in [0.717, 1.165) is 12.8 Å². The number of carbonyl (C=O) groups is 1. The number of ether oxygens (including phenoxy) is 1. The topological polar surface area (TPSA) is 103 Å². The monoisotopic (exact) mass is 340 g/mol. The fraction of sp³-hybridized carbons (Fsp3) is 0.400. The molecule has 1 aromatic carbocycles. The Morgan fingerprint density at radius 3 is 2.83 bits per heavy atom. The summed E-state index contributed by atoms with van der Waals surface area (Å²) < 4.78 is 10.5. The number of halogens is 1. The third-order valence-electron chi connectivity index (χ3n) is 2.97. The van der Waals surface area contributed by atoms with Crippen LogP contribution in [0.4, 0.5) is 0 Å². The molecule has 1 heterocycles. The first-order valence-corrected chi connectivity index (χ1v) is 7.20. The highest BCUT2D eigenvalue weighted by molar-refractivity contribution is 5.96. The Balaban J connectivity index is 0.00000264. The van der Waals surface area contributed by atoms with Gasteiger partial charge in [0, 0.05) is 13.5 Å². The molecule has 0 bridgehead atoms. The van der Waals surface area contributed by atoms with E-state index in [4.69, 9.17) is 15.0 Å². The SMILES string of the molecule is Cc1nc(COc2ccccc2C(=O)NCCCCN)no1.Cl. The van der Waals surface area contributed by atoms with Crippen LogP contribution in [0.2, 0.25) is 0 Å². The predicted molar refractivity (Wildman–Crippen MR) is 87.7 cm³/mol. The number of benzene rings is 1. The van der Waals surface area contributed by atoms with Gasteiger partial charge in [0.25, 0.3) is 5.91 Å². The molecule has 0 aliphatic rings. The van der Waals surface area contributed by atoms with Crippen molar-refractivity contribution in [2.24, 2.45) is 5.73 Å². The number of nitrogens with one attached hydrogen (secondary N) is 1. The molecule has 0 saturated heterocycles. The molecule has 8 heteroatoms. The smallest absolute Gasteiger partial charge is 0.255 e. The van der Waals surface area contributed by atoms with E-state index in [1.807, 2.05) is 6.07 Å². The van der Waals surface area contributed by atoms with Crippen molar-refractivity contribution in [1.29, 1.82) is 0 Å². The van der Waals surface area contributed by atoms with Gasteiger partial charge in [-0.05, 0) is 31.5 Å². The number of hydrogen-bond acceptors (Lipinski definition) is 6. The molecule has 0 aliphatic carbocycles. The van der Waals surface area contributed by atoms with Crippen LogP contribution in [0, 0.1) is 6.92 Å². The summed E-state index contributed by atoms with van der Waals surface area (Å²) in [5, 5.41) is 6.60. The lowest BCUT2D eigenvalue weighted by Crippen LogP contribution is -2.25. The van der Waals surface area contributed by atoms with Crippen LogP contribution in [-0.2, 0) is 6.61 Å². The van der Waals surface area contributed by atoms with Gasteiger partial charge in [0.1, 0.15) is 5.75 Å². The van der Waals surface area contributed by atoms with Crippen molar-refractivity contribution in [3.8, 4) is 5.75 Å². The van der Waals surface area contributed by atoms with Crippen molar-refractivity contribution >= 4 is 18.3 Å². The summed E-state index contributed by atoms with van der Waals surface area (Å²) in [6.45, 7) is 3.07. The molecule has 23 heavy (non-hydrogen) atoms. The quantitative estimate of drug-likeness (QED) is 0.711. The molecule has 1 amide bonds. The van der Waals surface area contributed by atoms with Gasteiger partial charge in [-0.25, -0.2) is 0 Å². The number of nitrogens with two attached hydrogens (primary N) is 1. The first-order valence-electron chi connectivity index (χ1n) is 7.20. The normalized spacial score (nSPS) is 10.0. The highest BCUT2D eigenvalue weighted by Crippen LogP contribution is 2.18. The number of carbonyl (C=O) groups excluding carboxylic acids is 1. The minimum Gasteiger partial charge on any atom is -0.485 e. The summed E-state index contributed by atoms with van der Waals surface area (Å²) >= 11 is 0.